The van der Waals surface area contributed by atoms with Crippen molar-refractivity contribution in [3.63, 3.8) is 0 Å². The maximum absolute atomic E-state index is 15.1. The van der Waals surface area contributed by atoms with Crippen molar-refractivity contribution in [3.05, 3.63) is 64.2 Å². The summed E-state index contributed by atoms with van der Waals surface area (Å²) in [6, 6.07) is 7.16. The fourth-order valence-corrected chi connectivity index (χ4v) is 6.68. The number of benzene rings is 2. The first kappa shape index (κ1) is 23.2. The number of halogens is 3. The van der Waals surface area contributed by atoms with E-state index >= 15 is 4.39 Å². The predicted molar refractivity (Wildman–Crippen MR) is 123 cm³/mol. The van der Waals surface area contributed by atoms with Gasteiger partial charge in [0.1, 0.15) is 17.7 Å². The van der Waals surface area contributed by atoms with Crippen molar-refractivity contribution in [2.45, 2.75) is 48.1 Å². The molecule has 2 aromatic rings. The Labute approximate surface area is 201 Å². The van der Waals surface area contributed by atoms with Crippen LogP contribution in [0.2, 0.25) is 5.02 Å². The summed E-state index contributed by atoms with van der Waals surface area (Å²) >= 11 is 5.79. The molecule has 3 N–H and O–H groups in total. The first-order chi connectivity index (χ1) is 15.9. The van der Waals surface area contributed by atoms with Crippen LogP contribution in [0.4, 0.5) is 8.78 Å². The van der Waals surface area contributed by atoms with Gasteiger partial charge in [-0.3, -0.25) is 9.59 Å². The van der Waals surface area contributed by atoms with Gasteiger partial charge in [0.05, 0.1) is 20.3 Å². The summed E-state index contributed by atoms with van der Waals surface area (Å²) in [6.45, 7) is 0. The topological polar surface area (TPSA) is 104 Å². The van der Waals surface area contributed by atoms with Crippen molar-refractivity contribution in [1.82, 2.24) is 4.90 Å². The van der Waals surface area contributed by atoms with Crippen LogP contribution >= 0.6 is 11.6 Å². The molecule has 2 aromatic carbocycles. The summed E-state index contributed by atoms with van der Waals surface area (Å²) in [5, 5.41) is -0.314. The second kappa shape index (κ2) is 7.75. The summed E-state index contributed by atoms with van der Waals surface area (Å²) in [5.74, 6) is -3.07. The van der Waals surface area contributed by atoms with Gasteiger partial charge in [0.2, 0.25) is 5.91 Å². The van der Waals surface area contributed by atoms with Gasteiger partial charge in [-0.1, -0.05) is 17.7 Å². The Kier molecular flexibility index (Phi) is 5.29. The van der Waals surface area contributed by atoms with Crippen LogP contribution in [0.5, 0.6) is 0 Å². The summed E-state index contributed by atoms with van der Waals surface area (Å²) in [7, 11) is -3.07. The summed E-state index contributed by atoms with van der Waals surface area (Å²) in [6.07, 6.45) is 3.77. The van der Waals surface area contributed by atoms with Crippen molar-refractivity contribution in [1.29, 1.82) is 4.78 Å². The maximum Gasteiger partial charge on any atom is 0.255 e. The number of amides is 2. The van der Waals surface area contributed by atoms with Gasteiger partial charge in [-0.25, -0.2) is 17.8 Å². The van der Waals surface area contributed by atoms with Crippen LogP contribution in [-0.4, -0.2) is 38.8 Å². The van der Waals surface area contributed by atoms with Crippen LogP contribution in [0.1, 0.15) is 47.5 Å². The zero-order chi connectivity index (χ0) is 24.6. The molecule has 1 saturated heterocycles. The maximum atomic E-state index is 15.1. The lowest BCUT2D eigenvalue weighted by atomic mass is 9.82. The largest absolute Gasteiger partial charge is 0.368 e. The molecule has 2 aliphatic carbocycles. The highest BCUT2D eigenvalue weighted by molar-refractivity contribution is 7.91. The molecule has 5 atom stereocenters. The normalized spacial score (nSPS) is 28.2. The van der Waals surface area contributed by atoms with E-state index in [9.17, 15) is 18.2 Å². The third-order valence-electron chi connectivity index (χ3n) is 7.47. The smallest absolute Gasteiger partial charge is 0.255 e. The minimum Gasteiger partial charge on any atom is -0.368 e. The molecule has 34 heavy (non-hydrogen) atoms. The molecule has 2 amide bonds. The number of nitrogens with zero attached hydrogens (tertiary/aromatic N) is 1. The number of piperidine rings is 1. The van der Waals surface area contributed by atoms with Gasteiger partial charge in [0, 0.05) is 22.6 Å². The fraction of sp³-hybridized carbons (Fsp3) is 0.417. The first-order valence-corrected chi connectivity index (χ1v) is 13.4. The number of hydrogen-bond donors (Lipinski definition) is 2. The molecule has 180 valence electrons. The van der Waals surface area contributed by atoms with Crippen molar-refractivity contribution in [2.75, 3.05) is 6.26 Å². The highest BCUT2D eigenvalue weighted by atomic mass is 35.5. The van der Waals surface area contributed by atoms with E-state index in [2.05, 4.69) is 0 Å². The van der Waals surface area contributed by atoms with Crippen LogP contribution in [0, 0.1) is 28.2 Å². The molecule has 0 spiro atoms. The minimum atomic E-state index is -3.07. The average Bonchev–Trinajstić information content (AvgIpc) is 3.69. The van der Waals surface area contributed by atoms with Crippen molar-refractivity contribution in [3.8, 4) is 0 Å². The molecule has 0 bridgehead atoms. The van der Waals surface area contributed by atoms with Gasteiger partial charge in [-0.2, -0.15) is 0 Å². The standard InChI is InChI=1S/C24H24ClF2N3O3S/c1-34(29,33)15-4-2-3-13(7-15)23(32)30-20(22(28)31)8-14-11-24(14,30)21(12-5-6-12)16-9-19(27)17(25)10-18(16)26/h2-4,7,9-10,12,14,20-21,29H,5-6,8,11H2,1H3,(H2,28,31)/t14?,20?,21-,24?,34?/m1/s1. The van der Waals surface area contributed by atoms with E-state index in [0.29, 0.717) is 12.8 Å². The first-order valence-electron chi connectivity index (χ1n) is 11.1. The zero-order valence-corrected chi connectivity index (χ0v) is 20.0. The molecule has 4 unspecified atom stereocenters. The number of hydrogen-bond acceptors (Lipinski definition) is 4. The molecular weight excluding hydrogens is 484 g/mol. The van der Waals surface area contributed by atoms with Gasteiger partial charge < -0.3 is 10.6 Å². The molecule has 2 saturated carbocycles. The van der Waals surface area contributed by atoms with Gasteiger partial charge in [0.25, 0.3) is 5.91 Å². The average molecular weight is 508 g/mol. The number of carbonyl (C=O) groups excluding carboxylic acids is 2. The molecule has 6 nitrogen and oxygen atoms in total. The van der Waals surface area contributed by atoms with E-state index in [4.69, 9.17) is 22.1 Å². The van der Waals surface area contributed by atoms with Gasteiger partial charge >= 0.3 is 0 Å². The van der Waals surface area contributed by atoms with Crippen molar-refractivity contribution >= 4 is 33.1 Å². The van der Waals surface area contributed by atoms with E-state index in [0.717, 1.165) is 25.0 Å². The SMILES string of the molecule is CS(=N)(=O)c1cccc(C(=O)N2C(C(N)=O)CC3CC32[C@@H](c2cc(F)c(Cl)cc2F)C2CC2)c1. The Bertz CT molecular complexity index is 1330. The highest BCUT2D eigenvalue weighted by Gasteiger charge is 2.73. The molecule has 0 aromatic heterocycles. The van der Waals surface area contributed by atoms with Gasteiger partial charge in [-0.05, 0) is 73.4 Å². The van der Waals surface area contributed by atoms with Crippen LogP contribution in [0.15, 0.2) is 41.3 Å². The molecular formula is C24H24ClF2N3O3S. The summed E-state index contributed by atoms with van der Waals surface area (Å²) in [4.78, 5) is 27.9. The third kappa shape index (κ3) is 3.60. The van der Waals surface area contributed by atoms with E-state index in [1.807, 2.05) is 0 Å². The zero-order valence-electron chi connectivity index (χ0n) is 18.4. The molecule has 5 rings (SSSR count). The number of rotatable bonds is 6. The molecule has 3 aliphatic rings. The van der Waals surface area contributed by atoms with Crippen LogP contribution in [0.25, 0.3) is 0 Å². The lowest BCUT2D eigenvalue weighted by molar-refractivity contribution is -0.122. The van der Waals surface area contributed by atoms with E-state index in [-0.39, 0.29) is 32.9 Å². The number of nitrogens with one attached hydrogen (secondary N) is 1. The Morgan fingerprint density at radius 2 is 1.94 bits per heavy atom. The quantitative estimate of drug-likeness (QED) is 0.569. The summed E-state index contributed by atoms with van der Waals surface area (Å²) in [5.41, 5.74) is 5.15. The number of fused-ring (bicyclic) bond motifs is 1. The van der Waals surface area contributed by atoms with E-state index in [1.165, 1.54) is 29.4 Å². The number of likely N-dealkylation sites (tertiary alicyclic amines) is 1. The second-order valence-electron chi connectivity index (χ2n) is 9.70. The molecule has 3 fully saturated rings. The van der Waals surface area contributed by atoms with E-state index in [1.54, 1.807) is 6.07 Å². The minimum absolute atomic E-state index is 0.0379. The molecule has 10 heteroatoms. The Balaban J connectivity index is 1.63. The molecule has 1 aliphatic heterocycles. The van der Waals surface area contributed by atoms with E-state index < -0.39 is 50.7 Å². The number of primary amides is 1. The van der Waals surface area contributed by atoms with Crippen molar-refractivity contribution < 1.29 is 22.6 Å². The lowest BCUT2D eigenvalue weighted by Gasteiger charge is -2.39. The predicted octanol–water partition coefficient (Wildman–Crippen LogP) is 4.31. The fourth-order valence-electron chi connectivity index (χ4n) is 5.84. The number of nitrogens with two attached hydrogens (primary N) is 1. The van der Waals surface area contributed by atoms with Crippen molar-refractivity contribution in [2.24, 2.45) is 17.6 Å². The Morgan fingerprint density at radius 3 is 2.56 bits per heavy atom. The Hall–Kier alpha value is -2.52. The van der Waals surface area contributed by atoms with Crippen LogP contribution in [-0.2, 0) is 14.5 Å². The molecule has 1 heterocycles. The van der Waals surface area contributed by atoms with Crippen LogP contribution in [0.3, 0.4) is 0 Å². The summed E-state index contributed by atoms with van der Waals surface area (Å²) < 4.78 is 49.6. The Morgan fingerprint density at radius 1 is 1.24 bits per heavy atom. The molecule has 0 radical (unpaired) electrons. The second-order valence-corrected chi connectivity index (χ2v) is 12.3. The van der Waals surface area contributed by atoms with Gasteiger partial charge in [-0.15, -0.1) is 0 Å². The van der Waals surface area contributed by atoms with Gasteiger partial charge in [0.15, 0.2) is 0 Å². The monoisotopic (exact) mass is 507 g/mol. The highest BCUT2D eigenvalue weighted by Crippen LogP contribution is 2.69. The lowest BCUT2D eigenvalue weighted by Crippen LogP contribution is -2.53. The van der Waals surface area contributed by atoms with Crippen LogP contribution < -0.4 is 5.73 Å². The number of carbonyl (C=O) groups is 2. The third-order valence-corrected chi connectivity index (χ3v) is 8.92.